The fourth-order valence-electron chi connectivity index (χ4n) is 4.93. The van der Waals surface area contributed by atoms with Crippen LogP contribution >= 0.6 is 11.6 Å². The van der Waals surface area contributed by atoms with E-state index in [2.05, 4.69) is 43.5 Å². The van der Waals surface area contributed by atoms with Crippen LogP contribution in [0.5, 0.6) is 0 Å². The van der Waals surface area contributed by atoms with Crippen molar-refractivity contribution >= 4 is 28.5 Å². The summed E-state index contributed by atoms with van der Waals surface area (Å²) in [4.78, 5) is 31.1. The number of aromatic amines is 1. The first-order chi connectivity index (χ1) is 17.1. The maximum atomic E-state index is 13.2. The third-order valence-corrected chi connectivity index (χ3v) is 7.12. The van der Waals surface area contributed by atoms with E-state index in [0.717, 1.165) is 40.7 Å². The van der Waals surface area contributed by atoms with Crippen molar-refractivity contribution in [2.24, 2.45) is 0 Å². The Morgan fingerprint density at radius 2 is 2.00 bits per heavy atom. The Balaban J connectivity index is 1.39. The number of ether oxygens (including phenoxy) is 1. The second-order valence-electron chi connectivity index (χ2n) is 9.04. The predicted molar refractivity (Wildman–Crippen MR) is 133 cm³/mol. The first-order valence-electron chi connectivity index (χ1n) is 11.7. The van der Waals surface area contributed by atoms with Gasteiger partial charge in [-0.1, -0.05) is 17.7 Å². The molecule has 178 valence electrons. The van der Waals surface area contributed by atoms with Crippen LogP contribution in [0.3, 0.4) is 0 Å². The number of nitrogens with one attached hydrogen (secondary N) is 2. The van der Waals surface area contributed by atoms with Crippen LogP contribution in [-0.2, 0) is 17.7 Å². The second-order valence-corrected chi connectivity index (χ2v) is 9.44. The van der Waals surface area contributed by atoms with Gasteiger partial charge in [-0.2, -0.15) is 0 Å². The highest BCUT2D eigenvalue weighted by Crippen LogP contribution is 2.35. The molecule has 5 heterocycles. The molecular formula is C26H25ClN6O2. The van der Waals surface area contributed by atoms with Gasteiger partial charge in [-0.05, 0) is 47.7 Å². The third kappa shape index (κ3) is 4.18. The van der Waals surface area contributed by atoms with Gasteiger partial charge in [0.15, 0.2) is 0 Å². The number of hydrogen-bond acceptors (Lipinski definition) is 6. The van der Waals surface area contributed by atoms with E-state index in [0.29, 0.717) is 42.7 Å². The van der Waals surface area contributed by atoms with Gasteiger partial charge in [-0.15, -0.1) is 0 Å². The van der Waals surface area contributed by atoms with Crippen molar-refractivity contribution in [1.82, 2.24) is 30.2 Å². The molecule has 1 atom stereocenters. The number of benzene rings is 1. The van der Waals surface area contributed by atoms with Crippen LogP contribution in [0.4, 0.5) is 0 Å². The number of hydrogen-bond donors (Lipinski definition) is 2. The number of carbonyl (C=O) groups excluding carboxylic acids is 1. The SMILES string of the molecule is Cc1ncc(C(=O)N2CCc3cc(-c4cnc5[nH]cc(Cl)c5c4)cc([C@@H]4COCCN4)c3C2)cn1. The Hall–Kier alpha value is -3.33. The lowest BCUT2D eigenvalue weighted by molar-refractivity contribution is 0.0715. The molecule has 0 aliphatic carbocycles. The van der Waals surface area contributed by atoms with E-state index in [1.807, 2.05) is 18.0 Å². The summed E-state index contributed by atoms with van der Waals surface area (Å²) < 4.78 is 5.80. The summed E-state index contributed by atoms with van der Waals surface area (Å²) in [5.74, 6) is 0.604. The molecule has 0 unspecified atom stereocenters. The Bertz CT molecular complexity index is 1410. The zero-order valence-electron chi connectivity index (χ0n) is 19.3. The highest BCUT2D eigenvalue weighted by atomic mass is 35.5. The average Bonchev–Trinajstić information content (AvgIpc) is 3.28. The minimum absolute atomic E-state index is 0.0460. The van der Waals surface area contributed by atoms with E-state index < -0.39 is 0 Å². The molecule has 0 radical (unpaired) electrons. The van der Waals surface area contributed by atoms with Crippen molar-refractivity contribution in [2.75, 3.05) is 26.3 Å². The number of carbonyl (C=O) groups is 1. The number of aryl methyl sites for hydroxylation is 1. The number of aromatic nitrogens is 4. The Morgan fingerprint density at radius 3 is 2.80 bits per heavy atom. The topological polar surface area (TPSA) is 96.0 Å². The number of fused-ring (bicyclic) bond motifs is 2. The summed E-state index contributed by atoms with van der Waals surface area (Å²) in [6.07, 6.45) is 7.62. The summed E-state index contributed by atoms with van der Waals surface area (Å²) >= 11 is 6.36. The molecule has 8 nitrogen and oxygen atoms in total. The van der Waals surface area contributed by atoms with Crippen LogP contribution in [0.25, 0.3) is 22.2 Å². The molecule has 0 saturated carbocycles. The quantitative estimate of drug-likeness (QED) is 0.455. The van der Waals surface area contributed by atoms with Gasteiger partial charge in [0.25, 0.3) is 5.91 Å². The minimum atomic E-state index is -0.0460. The van der Waals surface area contributed by atoms with E-state index >= 15 is 0 Å². The zero-order chi connectivity index (χ0) is 23.9. The van der Waals surface area contributed by atoms with Crippen molar-refractivity contribution in [3.63, 3.8) is 0 Å². The fourth-order valence-corrected chi connectivity index (χ4v) is 5.13. The maximum absolute atomic E-state index is 13.2. The Labute approximate surface area is 207 Å². The van der Waals surface area contributed by atoms with Gasteiger partial charge in [0.05, 0.1) is 29.8 Å². The van der Waals surface area contributed by atoms with Gasteiger partial charge in [-0.3, -0.25) is 4.79 Å². The smallest absolute Gasteiger partial charge is 0.257 e. The third-order valence-electron chi connectivity index (χ3n) is 6.80. The molecule has 0 spiro atoms. The number of H-pyrrole nitrogens is 1. The standard InChI is InChI=1S/C26H25ClN6O2/c1-15-29-10-19(11-30-15)26(34)33-4-2-16-6-17(18-8-21-23(27)12-32-25(21)31-9-18)7-20(22(16)13-33)24-14-35-5-3-28-24/h6-12,24,28H,2-5,13-14H2,1H3,(H,31,32)/t24-/m0/s1. The van der Waals surface area contributed by atoms with Crippen molar-refractivity contribution < 1.29 is 9.53 Å². The zero-order valence-corrected chi connectivity index (χ0v) is 20.1. The maximum Gasteiger partial charge on any atom is 0.257 e. The van der Waals surface area contributed by atoms with Gasteiger partial charge in [0, 0.05) is 55.4 Å². The molecule has 0 bridgehead atoms. The molecule has 1 fully saturated rings. The fraction of sp³-hybridized carbons (Fsp3) is 0.308. The van der Waals surface area contributed by atoms with Crippen LogP contribution in [0.15, 0.2) is 43.0 Å². The molecule has 35 heavy (non-hydrogen) atoms. The number of amides is 1. The van der Waals surface area contributed by atoms with E-state index in [9.17, 15) is 4.79 Å². The summed E-state index contributed by atoms with van der Waals surface area (Å²) in [7, 11) is 0. The van der Waals surface area contributed by atoms with Crippen LogP contribution in [0.2, 0.25) is 5.02 Å². The Morgan fingerprint density at radius 1 is 1.14 bits per heavy atom. The molecular weight excluding hydrogens is 464 g/mol. The lowest BCUT2D eigenvalue weighted by atomic mass is 9.87. The van der Waals surface area contributed by atoms with Crippen LogP contribution in [0.1, 0.15) is 38.9 Å². The number of nitrogens with zero attached hydrogens (tertiary/aromatic N) is 4. The van der Waals surface area contributed by atoms with Crippen molar-refractivity contribution in [2.45, 2.75) is 25.9 Å². The van der Waals surface area contributed by atoms with E-state index in [1.54, 1.807) is 18.6 Å². The average molecular weight is 489 g/mol. The predicted octanol–water partition coefficient (Wildman–Crippen LogP) is 3.84. The first-order valence-corrected chi connectivity index (χ1v) is 12.1. The highest BCUT2D eigenvalue weighted by molar-refractivity contribution is 6.35. The van der Waals surface area contributed by atoms with Crippen LogP contribution < -0.4 is 5.32 Å². The number of rotatable bonds is 3. The number of pyridine rings is 1. The molecule has 9 heteroatoms. The largest absolute Gasteiger partial charge is 0.378 e. The van der Waals surface area contributed by atoms with Crippen LogP contribution in [-0.4, -0.2) is 57.0 Å². The summed E-state index contributed by atoms with van der Waals surface area (Å²) in [6, 6.07) is 6.57. The van der Waals surface area contributed by atoms with E-state index in [4.69, 9.17) is 16.3 Å². The Kier molecular flexibility index (Phi) is 5.72. The molecule has 2 aliphatic rings. The molecule has 2 aliphatic heterocycles. The van der Waals surface area contributed by atoms with Crippen LogP contribution in [0, 0.1) is 6.92 Å². The van der Waals surface area contributed by atoms with Gasteiger partial charge in [0.1, 0.15) is 11.5 Å². The molecule has 6 rings (SSSR count). The molecule has 1 aromatic carbocycles. The molecule has 2 N–H and O–H groups in total. The van der Waals surface area contributed by atoms with Gasteiger partial charge in [0.2, 0.25) is 0 Å². The monoisotopic (exact) mass is 488 g/mol. The van der Waals surface area contributed by atoms with Crippen molar-refractivity contribution in [3.05, 3.63) is 76.1 Å². The highest BCUT2D eigenvalue weighted by Gasteiger charge is 2.28. The number of morpholine rings is 1. The lowest BCUT2D eigenvalue weighted by Crippen LogP contribution is -2.39. The van der Waals surface area contributed by atoms with E-state index in [1.165, 1.54) is 11.1 Å². The second kappa shape index (κ2) is 9.03. The minimum Gasteiger partial charge on any atom is -0.378 e. The lowest BCUT2D eigenvalue weighted by Gasteiger charge is -2.34. The molecule has 1 amide bonds. The molecule has 3 aromatic heterocycles. The van der Waals surface area contributed by atoms with Gasteiger partial charge in [-0.25, -0.2) is 15.0 Å². The molecule has 4 aromatic rings. The molecule has 1 saturated heterocycles. The van der Waals surface area contributed by atoms with Crippen molar-refractivity contribution in [3.8, 4) is 11.1 Å². The number of halogens is 1. The van der Waals surface area contributed by atoms with Gasteiger partial charge < -0.3 is 19.9 Å². The van der Waals surface area contributed by atoms with Crippen molar-refractivity contribution in [1.29, 1.82) is 0 Å². The summed E-state index contributed by atoms with van der Waals surface area (Å²) in [5.41, 5.74) is 6.97. The summed E-state index contributed by atoms with van der Waals surface area (Å²) in [6.45, 7) is 5.07. The van der Waals surface area contributed by atoms with E-state index in [-0.39, 0.29) is 11.9 Å². The van der Waals surface area contributed by atoms with Gasteiger partial charge >= 0.3 is 0 Å². The normalized spacial score (nSPS) is 18.0. The first kappa shape index (κ1) is 22.2. The summed E-state index contributed by atoms with van der Waals surface area (Å²) in [5, 5.41) is 5.15.